The summed E-state index contributed by atoms with van der Waals surface area (Å²) in [7, 11) is 0. The maximum atomic E-state index is 12.4. The number of hydrogen-bond acceptors (Lipinski definition) is 2. The zero-order chi connectivity index (χ0) is 14.3. The average molecular weight is 271 g/mol. The van der Waals surface area contributed by atoms with E-state index in [9.17, 15) is 4.79 Å². The second-order valence-corrected chi connectivity index (χ2v) is 5.91. The van der Waals surface area contributed by atoms with Gasteiger partial charge in [0.25, 0.3) is 0 Å². The minimum Gasteiger partial charge on any atom is -0.334 e. The average Bonchev–Trinajstić information content (AvgIpc) is 3.01. The number of rotatable bonds is 2. The molecular formula is C16H21N3O. The standard InChI is InChI=1S/C16H21N3O/c1-11(2)16(20)18-9-5-7-13(18)14-6-4-8-15-17-12(3)10-19(14)15/h4,6,8,10-11,13H,5,7,9H2,1-3H3/t13-/m0/s1. The number of carbonyl (C=O) groups excluding carboxylic acids is 1. The zero-order valence-corrected chi connectivity index (χ0v) is 12.3. The van der Waals surface area contributed by atoms with Gasteiger partial charge in [-0.25, -0.2) is 4.98 Å². The van der Waals surface area contributed by atoms with Crippen molar-refractivity contribution >= 4 is 11.6 Å². The summed E-state index contributed by atoms with van der Waals surface area (Å²) < 4.78 is 2.13. The third-order valence-corrected chi connectivity index (χ3v) is 4.02. The molecule has 0 bridgehead atoms. The minimum atomic E-state index is 0.0549. The first-order valence-electron chi connectivity index (χ1n) is 7.33. The van der Waals surface area contributed by atoms with Crippen molar-refractivity contribution in [3.8, 4) is 0 Å². The van der Waals surface area contributed by atoms with Crippen LogP contribution in [0.5, 0.6) is 0 Å². The van der Waals surface area contributed by atoms with Crippen molar-refractivity contribution in [1.82, 2.24) is 14.3 Å². The third kappa shape index (κ3) is 2.09. The van der Waals surface area contributed by atoms with Gasteiger partial charge in [-0.15, -0.1) is 0 Å². The lowest BCUT2D eigenvalue weighted by molar-refractivity contribution is -0.135. The number of aryl methyl sites for hydroxylation is 1. The molecule has 1 atom stereocenters. The van der Waals surface area contributed by atoms with Gasteiger partial charge in [0.2, 0.25) is 5.91 Å². The molecule has 4 nitrogen and oxygen atoms in total. The molecule has 0 N–H and O–H groups in total. The lowest BCUT2D eigenvalue weighted by Crippen LogP contribution is -2.34. The number of nitrogens with zero attached hydrogens (tertiary/aromatic N) is 3. The van der Waals surface area contributed by atoms with E-state index < -0.39 is 0 Å². The molecule has 2 aromatic rings. The quantitative estimate of drug-likeness (QED) is 0.842. The van der Waals surface area contributed by atoms with E-state index >= 15 is 0 Å². The van der Waals surface area contributed by atoms with Crippen LogP contribution in [0.25, 0.3) is 5.65 Å². The van der Waals surface area contributed by atoms with Crippen molar-refractivity contribution in [3.05, 3.63) is 35.8 Å². The van der Waals surface area contributed by atoms with Gasteiger partial charge in [-0.1, -0.05) is 19.9 Å². The molecular weight excluding hydrogens is 250 g/mol. The molecule has 0 radical (unpaired) electrons. The Morgan fingerprint density at radius 1 is 1.40 bits per heavy atom. The first kappa shape index (κ1) is 13.2. The van der Waals surface area contributed by atoms with E-state index in [0.717, 1.165) is 30.7 Å². The van der Waals surface area contributed by atoms with Gasteiger partial charge in [0.05, 0.1) is 11.7 Å². The van der Waals surface area contributed by atoms with Crippen LogP contribution in [-0.4, -0.2) is 26.7 Å². The van der Waals surface area contributed by atoms with E-state index in [4.69, 9.17) is 0 Å². The summed E-state index contributed by atoms with van der Waals surface area (Å²) in [5.74, 6) is 0.306. The molecule has 106 valence electrons. The summed E-state index contributed by atoms with van der Waals surface area (Å²) in [6.07, 6.45) is 4.17. The molecule has 1 aliphatic rings. The van der Waals surface area contributed by atoms with Crippen molar-refractivity contribution in [2.45, 2.75) is 39.7 Å². The van der Waals surface area contributed by atoms with Gasteiger partial charge in [-0.2, -0.15) is 0 Å². The Balaban J connectivity index is 2.03. The van der Waals surface area contributed by atoms with Crippen LogP contribution in [0, 0.1) is 12.8 Å². The lowest BCUT2D eigenvalue weighted by Gasteiger charge is -2.27. The molecule has 1 amide bonds. The van der Waals surface area contributed by atoms with Crippen LogP contribution in [0.4, 0.5) is 0 Å². The van der Waals surface area contributed by atoms with Crippen molar-refractivity contribution in [2.75, 3.05) is 6.54 Å². The molecule has 0 saturated carbocycles. The van der Waals surface area contributed by atoms with E-state index in [1.54, 1.807) is 0 Å². The molecule has 1 fully saturated rings. The Morgan fingerprint density at radius 2 is 2.20 bits per heavy atom. The molecule has 0 aliphatic carbocycles. The second-order valence-electron chi connectivity index (χ2n) is 5.91. The van der Waals surface area contributed by atoms with Gasteiger partial charge in [-0.05, 0) is 31.9 Å². The van der Waals surface area contributed by atoms with Crippen LogP contribution in [-0.2, 0) is 4.79 Å². The minimum absolute atomic E-state index is 0.0549. The van der Waals surface area contributed by atoms with E-state index in [0.29, 0.717) is 0 Å². The largest absolute Gasteiger partial charge is 0.334 e. The normalized spacial score (nSPS) is 19.2. The van der Waals surface area contributed by atoms with E-state index in [2.05, 4.69) is 21.6 Å². The number of hydrogen-bond donors (Lipinski definition) is 0. The predicted octanol–water partition coefficient (Wildman–Crippen LogP) is 2.96. The molecule has 3 rings (SSSR count). The molecule has 1 aliphatic heterocycles. The van der Waals surface area contributed by atoms with Crippen LogP contribution in [0.1, 0.15) is 44.1 Å². The van der Waals surface area contributed by atoms with E-state index in [1.807, 2.05) is 37.8 Å². The molecule has 2 aromatic heterocycles. The lowest BCUT2D eigenvalue weighted by atomic mass is 10.1. The first-order chi connectivity index (χ1) is 9.58. The van der Waals surface area contributed by atoms with Crippen LogP contribution in [0.15, 0.2) is 24.4 Å². The molecule has 0 unspecified atom stereocenters. The van der Waals surface area contributed by atoms with Gasteiger partial charge in [-0.3, -0.25) is 4.79 Å². The summed E-state index contributed by atoms with van der Waals surface area (Å²) in [5.41, 5.74) is 3.15. The Labute approximate surface area is 119 Å². The Kier molecular flexibility index (Phi) is 3.24. The third-order valence-electron chi connectivity index (χ3n) is 4.02. The maximum Gasteiger partial charge on any atom is 0.225 e. The van der Waals surface area contributed by atoms with Gasteiger partial charge in [0, 0.05) is 24.4 Å². The zero-order valence-electron chi connectivity index (χ0n) is 12.3. The highest BCUT2D eigenvalue weighted by atomic mass is 16.2. The summed E-state index contributed by atoms with van der Waals surface area (Å²) in [4.78, 5) is 18.9. The highest BCUT2D eigenvalue weighted by Gasteiger charge is 2.32. The summed E-state index contributed by atoms with van der Waals surface area (Å²) in [6, 6.07) is 6.35. The van der Waals surface area contributed by atoms with Crippen molar-refractivity contribution in [3.63, 3.8) is 0 Å². The summed E-state index contributed by atoms with van der Waals surface area (Å²) in [6.45, 7) is 6.81. The Morgan fingerprint density at radius 3 is 2.95 bits per heavy atom. The highest BCUT2D eigenvalue weighted by Crippen LogP contribution is 2.33. The van der Waals surface area contributed by atoms with E-state index in [1.165, 1.54) is 5.69 Å². The Hall–Kier alpha value is -1.84. The van der Waals surface area contributed by atoms with Crippen molar-refractivity contribution in [2.24, 2.45) is 5.92 Å². The summed E-state index contributed by atoms with van der Waals surface area (Å²) >= 11 is 0. The monoisotopic (exact) mass is 271 g/mol. The molecule has 4 heteroatoms. The first-order valence-corrected chi connectivity index (χ1v) is 7.33. The van der Waals surface area contributed by atoms with Crippen LogP contribution in [0.2, 0.25) is 0 Å². The number of fused-ring (bicyclic) bond motifs is 1. The van der Waals surface area contributed by atoms with E-state index in [-0.39, 0.29) is 17.9 Å². The number of amides is 1. The van der Waals surface area contributed by atoms with Crippen molar-refractivity contribution < 1.29 is 4.79 Å². The molecule has 20 heavy (non-hydrogen) atoms. The van der Waals surface area contributed by atoms with Gasteiger partial charge in [0.1, 0.15) is 5.65 Å². The topological polar surface area (TPSA) is 37.6 Å². The number of likely N-dealkylation sites (tertiary alicyclic amines) is 1. The number of carbonyl (C=O) groups is 1. The fourth-order valence-corrected chi connectivity index (χ4v) is 3.10. The maximum absolute atomic E-state index is 12.4. The smallest absolute Gasteiger partial charge is 0.225 e. The van der Waals surface area contributed by atoms with Crippen LogP contribution in [0.3, 0.4) is 0 Å². The Bertz CT molecular complexity index is 644. The second kappa shape index (κ2) is 4.93. The van der Waals surface area contributed by atoms with Crippen LogP contribution >= 0.6 is 0 Å². The number of aromatic nitrogens is 2. The summed E-state index contributed by atoms with van der Waals surface area (Å²) in [5, 5.41) is 0. The number of imidazole rings is 1. The molecule has 0 aromatic carbocycles. The van der Waals surface area contributed by atoms with Gasteiger partial charge < -0.3 is 9.30 Å². The number of pyridine rings is 1. The van der Waals surface area contributed by atoms with Gasteiger partial charge >= 0.3 is 0 Å². The molecule has 1 saturated heterocycles. The SMILES string of the molecule is Cc1cn2c([C@@H]3CCCN3C(=O)C(C)C)cccc2n1. The highest BCUT2D eigenvalue weighted by molar-refractivity contribution is 5.78. The molecule has 3 heterocycles. The molecule has 0 spiro atoms. The van der Waals surface area contributed by atoms with Gasteiger partial charge in [0.15, 0.2) is 0 Å². The van der Waals surface area contributed by atoms with Crippen molar-refractivity contribution in [1.29, 1.82) is 0 Å². The van der Waals surface area contributed by atoms with Crippen LogP contribution < -0.4 is 0 Å². The fourth-order valence-electron chi connectivity index (χ4n) is 3.10. The predicted molar refractivity (Wildman–Crippen MR) is 78.5 cm³/mol. The fraction of sp³-hybridized carbons (Fsp3) is 0.500.